The normalized spacial score (nSPS) is 21.3. The van der Waals surface area contributed by atoms with Crippen LogP contribution in [0.3, 0.4) is 0 Å². The molecule has 5 nitrogen and oxygen atoms in total. The third-order valence-electron chi connectivity index (χ3n) is 4.81. The number of nitrogens with one attached hydrogen (secondary N) is 1. The summed E-state index contributed by atoms with van der Waals surface area (Å²) >= 11 is 5.92. The van der Waals surface area contributed by atoms with Gasteiger partial charge in [-0.05, 0) is 54.3 Å². The van der Waals surface area contributed by atoms with Crippen molar-refractivity contribution in [2.45, 2.75) is 31.0 Å². The second kappa shape index (κ2) is 6.70. The Labute approximate surface area is 162 Å². The van der Waals surface area contributed by atoms with E-state index >= 15 is 0 Å². The minimum atomic E-state index is -4.49. The lowest BCUT2D eigenvalue weighted by atomic mass is 9.95. The van der Waals surface area contributed by atoms with Crippen LogP contribution in [0.2, 0.25) is 5.02 Å². The van der Waals surface area contributed by atoms with Crippen molar-refractivity contribution >= 4 is 23.6 Å². The zero-order chi connectivity index (χ0) is 20.1. The fourth-order valence-corrected chi connectivity index (χ4v) is 3.75. The molecule has 1 aliphatic heterocycles. The molecule has 2 aliphatic rings. The zero-order valence-electron chi connectivity index (χ0n) is 14.2. The lowest BCUT2D eigenvalue weighted by Crippen LogP contribution is -2.28. The summed E-state index contributed by atoms with van der Waals surface area (Å²) in [6.45, 7) is 0. The number of rotatable bonds is 3. The first-order valence-corrected chi connectivity index (χ1v) is 8.79. The first-order valence-electron chi connectivity index (χ1n) is 8.41. The molecule has 2 aromatic rings. The number of halogens is 4. The molecule has 0 aromatic heterocycles. The summed E-state index contributed by atoms with van der Waals surface area (Å²) in [4.78, 5) is 23.1. The van der Waals surface area contributed by atoms with Crippen molar-refractivity contribution < 1.29 is 32.2 Å². The molecule has 1 heterocycles. The monoisotopic (exact) mass is 411 g/mol. The van der Waals surface area contributed by atoms with Gasteiger partial charge in [-0.3, -0.25) is 10.1 Å². The Hall–Kier alpha value is -2.74. The summed E-state index contributed by atoms with van der Waals surface area (Å²) in [6.07, 6.45) is -4.81. The molecule has 2 atom stereocenters. The van der Waals surface area contributed by atoms with E-state index in [-0.39, 0.29) is 16.7 Å². The number of carbonyl (C=O) groups excluding carboxylic acids is 2. The highest BCUT2D eigenvalue weighted by Gasteiger charge is 2.42. The first kappa shape index (κ1) is 18.6. The van der Waals surface area contributed by atoms with Gasteiger partial charge in [0.25, 0.3) is 5.91 Å². The molecule has 0 saturated carbocycles. The van der Waals surface area contributed by atoms with Gasteiger partial charge in [0.1, 0.15) is 11.5 Å². The highest BCUT2D eigenvalue weighted by atomic mass is 35.5. The molecule has 1 aliphatic carbocycles. The fourth-order valence-electron chi connectivity index (χ4n) is 3.53. The fraction of sp³-hybridized carbons (Fsp3) is 0.263. The van der Waals surface area contributed by atoms with Crippen LogP contribution in [0.25, 0.3) is 0 Å². The quantitative estimate of drug-likeness (QED) is 0.786. The summed E-state index contributed by atoms with van der Waals surface area (Å²) in [6, 6.07) is 8.03. The Morgan fingerprint density at radius 2 is 1.93 bits per heavy atom. The average molecular weight is 412 g/mol. The van der Waals surface area contributed by atoms with E-state index in [0.29, 0.717) is 18.6 Å². The molecule has 0 spiro atoms. The first-order chi connectivity index (χ1) is 13.2. The maximum Gasteiger partial charge on any atom is 0.416 e. The van der Waals surface area contributed by atoms with Crippen LogP contribution in [0.15, 0.2) is 36.4 Å². The molecule has 9 heteroatoms. The lowest BCUT2D eigenvalue weighted by molar-refractivity contribution is -0.137. The number of alkyl halides is 3. The Morgan fingerprint density at radius 3 is 2.57 bits per heavy atom. The van der Waals surface area contributed by atoms with Crippen LogP contribution in [0.5, 0.6) is 11.5 Å². The topological polar surface area (TPSA) is 64.6 Å². The predicted octanol–water partition coefficient (Wildman–Crippen LogP) is 4.82. The van der Waals surface area contributed by atoms with Gasteiger partial charge in [0.2, 0.25) is 0 Å². The standard InChI is InChI=1S/C19H13ClF3NO4/c20-14-8-10(19(21,22)23)2-6-15(14)27-11-3-5-12-9(7-11)1-4-13(12)16-17(25)24-18(26)28-16/h2-3,5-8,13,16H,1,4H2,(H,24,25,26)/t13-,16+/m1/s1. The number of imide groups is 1. The SMILES string of the molecule is O=C1NC(=O)[C@H]([C@@H]2CCc3cc(Oc4ccc(C(F)(F)F)cc4Cl)ccc32)O1. The summed E-state index contributed by atoms with van der Waals surface area (Å²) < 4.78 is 48.9. The van der Waals surface area contributed by atoms with Crippen LogP contribution in [-0.2, 0) is 22.1 Å². The van der Waals surface area contributed by atoms with Crippen molar-refractivity contribution in [1.29, 1.82) is 0 Å². The number of alkyl carbamates (subject to hydrolysis) is 1. The minimum absolute atomic E-state index is 0.105. The predicted molar refractivity (Wildman–Crippen MR) is 92.4 cm³/mol. The highest BCUT2D eigenvalue weighted by molar-refractivity contribution is 6.32. The molecular weight excluding hydrogens is 399 g/mol. The second-order valence-electron chi connectivity index (χ2n) is 6.57. The van der Waals surface area contributed by atoms with E-state index in [1.807, 2.05) is 0 Å². The molecule has 0 radical (unpaired) electrons. The second-order valence-corrected chi connectivity index (χ2v) is 6.97. The third-order valence-corrected chi connectivity index (χ3v) is 5.10. The number of hydrogen-bond donors (Lipinski definition) is 1. The molecule has 1 N–H and O–H groups in total. The van der Waals surface area contributed by atoms with Gasteiger partial charge in [0.15, 0.2) is 6.10 Å². The van der Waals surface area contributed by atoms with Crippen LogP contribution in [0, 0.1) is 0 Å². The number of carbonyl (C=O) groups is 2. The average Bonchev–Trinajstić information content (AvgIpc) is 3.17. The van der Waals surface area contributed by atoms with Gasteiger partial charge in [-0.15, -0.1) is 0 Å². The van der Waals surface area contributed by atoms with Crippen molar-refractivity contribution in [1.82, 2.24) is 5.32 Å². The number of benzene rings is 2. The van der Waals surface area contributed by atoms with Gasteiger partial charge in [-0.1, -0.05) is 17.7 Å². The third kappa shape index (κ3) is 3.40. The van der Waals surface area contributed by atoms with Gasteiger partial charge in [-0.25, -0.2) is 4.79 Å². The van der Waals surface area contributed by atoms with Gasteiger partial charge in [0.05, 0.1) is 10.6 Å². The molecule has 0 bridgehead atoms. The molecule has 1 saturated heterocycles. The summed E-state index contributed by atoms with van der Waals surface area (Å²) in [5.74, 6) is -0.188. The summed E-state index contributed by atoms with van der Waals surface area (Å²) in [5.41, 5.74) is 0.938. The number of fused-ring (bicyclic) bond motifs is 1. The molecular formula is C19H13ClF3NO4. The molecule has 0 unspecified atom stereocenters. The zero-order valence-corrected chi connectivity index (χ0v) is 14.9. The van der Waals surface area contributed by atoms with E-state index in [1.165, 1.54) is 6.07 Å². The molecule has 146 valence electrons. The molecule has 1 fully saturated rings. The molecule has 2 amide bonds. The van der Waals surface area contributed by atoms with Crippen LogP contribution >= 0.6 is 11.6 Å². The number of cyclic esters (lactones) is 1. The van der Waals surface area contributed by atoms with Crippen LogP contribution < -0.4 is 10.1 Å². The van der Waals surface area contributed by atoms with E-state index < -0.39 is 29.8 Å². The van der Waals surface area contributed by atoms with Crippen molar-refractivity contribution in [2.75, 3.05) is 0 Å². The van der Waals surface area contributed by atoms with Crippen LogP contribution in [-0.4, -0.2) is 18.1 Å². The van der Waals surface area contributed by atoms with Crippen molar-refractivity contribution in [3.8, 4) is 11.5 Å². The maximum atomic E-state index is 12.7. The molecule has 2 aromatic carbocycles. The highest BCUT2D eigenvalue weighted by Crippen LogP contribution is 2.41. The van der Waals surface area contributed by atoms with E-state index in [2.05, 4.69) is 5.32 Å². The largest absolute Gasteiger partial charge is 0.456 e. The van der Waals surface area contributed by atoms with E-state index in [4.69, 9.17) is 21.1 Å². The van der Waals surface area contributed by atoms with Crippen molar-refractivity contribution in [3.63, 3.8) is 0 Å². The Balaban J connectivity index is 1.54. The number of amides is 2. The molecule has 4 rings (SSSR count). The van der Waals surface area contributed by atoms with E-state index in [0.717, 1.165) is 23.3 Å². The Morgan fingerprint density at radius 1 is 1.14 bits per heavy atom. The van der Waals surface area contributed by atoms with Crippen LogP contribution in [0.4, 0.5) is 18.0 Å². The summed E-state index contributed by atoms with van der Waals surface area (Å²) in [5, 5.41) is 1.97. The van der Waals surface area contributed by atoms with Crippen molar-refractivity contribution in [3.05, 3.63) is 58.1 Å². The number of hydrogen-bond acceptors (Lipinski definition) is 4. The number of aryl methyl sites for hydroxylation is 1. The van der Waals surface area contributed by atoms with Gasteiger partial charge in [-0.2, -0.15) is 13.2 Å². The lowest BCUT2D eigenvalue weighted by Gasteiger charge is -2.16. The van der Waals surface area contributed by atoms with Gasteiger partial charge in [0, 0.05) is 5.92 Å². The number of ether oxygens (including phenoxy) is 2. The van der Waals surface area contributed by atoms with Crippen molar-refractivity contribution in [2.24, 2.45) is 0 Å². The van der Waals surface area contributed by atoms with E-state index in [1.54, 1.807) is 18.2 Å². The molecule has 28 heavy (non-hydrogen) atoms. The smallest absolute Gasteiger partial charge is 0.416 e. The van der Waals surface area contributed by atoms with Gasteiger partial charge >= 0.3 is 12.3 Å². The van der Waals surface area contributed by atoms with Gasteiger partial charge < -0.3 is 9.47 Å². The van der Waals surface area contributed by atoms with E-state index in [9.17, 15) is 22.8 Å². The maximum absolute atomic E-state index is 12.7. The Bertz CT molecular complexity index is 976. The summed E-state index contributed by atoms with van der Waals surface area (Å²) in [7, 11) is 0. The minimum Gasteiger partial charge on any atom is -0.456 e. The Kier molecular flexibility index (Phi) is 4.45. The van der Waals surface area contributed by atoms with Crippen LogP contribution in [0.1, 0.15) is 29.0 Å².